The van der Waals surface area contributed by atoms with E-state index in [0.29, 0.717) is 11.1 Å². The molecule has 0 atom stereocenters. The summed E-state index contributed by atoms with van der Waals surface area (Å²) in [6.45, 7) is 0.222. The summed E-state index contributed by atoms with van der Waals surface area (Å²) >= 11 is 0. The van der Waals surface area contributed by atoms with Gasteiger partial charge in [-0.3, -0.25) is 4.79 Å². The third-order valence-electron chi connectivity index (χ3n) is 4.62. The fraction of sp³-hybridized carbons (Fsp3) is 0.300. The Kier molecular flexibility index (Phi) is 5.81. The number of amides is 1. The lowest BCUT2D eigenvalue weighted by atomic mass is 10.1. The minimum absolute atomic E-state index is 0.0381. The highest BCUT2D eigenvalue weighted by molar-refractivity contribution is 7.89. The van der Waals surface area contributed by atoms with Gasteiger partial charge in [-0.1, -0.05) is 12.1 Å². The van der Waals surface area contributed by atoms with Crippen molar-refractivity contribution in [3.63, 3.8) is 0 Å². The summed E-state index contributed by atoms with van der Waals surface area (Å²) in [5, 5.41) is 2.55. The van der Waals surface area contributed by atoms with Crippen LogP contribution in [0.1, 0.15) is 39.1 Å². The standard InChI is InChI=1S/C20H22N2O5S/c1-21-19(23)15-5-3-14(4-6-15)13-22(17-9-10-17)28(25,26)18-11-7-16(8-12-18)20(24)27-2/h3-8,11-12,17H,9-10,13H2,1-2H3,(H,21,23). The van der Waals surface area contributed by atoms with Crippen molar-refractivity contribution in [3.05, 3.63) is 65.2 Å². The van der Waals surface area contributed by atoms with Crippen LogP contribution < -0.4 is 5.32 Å². The molecule has 28 heavy (non-hydrogen) atoms. The topological polar surface area (TPSA) is 92.8 Å². The Balaban J connectivity index is 1.83. The lowest BCUT2D eigenvalue weighted by Crippen LogP contribution is -2.32. The van der Waals surface area contributed by atoms with Crippen LogP contribution in [0.25, 0.3) is 0 Å². The van der Waals surface area contributed by atoms with Gasteiger partial charge in [0.1, 0.15) is 0 Å². The van der Waals surface area contributed by atoms with Gasteiger partial charge in [-0.25, -0.2) is 13.2 Å². The molecule has 0 aromatic heterocycles. The molecule has 1 saturated carbocycles. The summed E-state index contributed by atoms with van der Waals surface area (Å²) in [6.07, 6.45) is 1.63. The van der Waals surface area contributed by atoms with Gasteiger partial charge in [-0.05, 0) is 54.8 Å². The number of sulfonamides is 1. The largest absolute Gasteiger partial charge is 0.465 e. The van der Waals surface area contributed by atoms with Crippen LogP contribution in [-0.2, 0) is 21.3 Å². The maximum absolute atomic E-state index is 13.1. The first-order valence-electron chi connectivity index (χ1n) is 8.88. The van der Waals surface area contributed by atoms with E-state index in [1.54, 1.807) is 31.3 Å². The summed E-state index contributed by atoms with van der Waals surface area (Å²) < 4.78 is 32.4. The highest BCUT2D eigenvalue weighted by atomic mass is 32.2. The van der Waals surface area contributed by atoms with Gasteiger partial charge in [0, 0.05) is 25.2 Å². The SMILES string of the molecule is CNC(=O)c1ccc(CN(C2CC2)S(=O)(=O)c2ccc(C(=O)OC)cc2)cc1. The number of ether oxygens (including phenoxy) is 1. The van der Waals surface area contributed by atoms with Crippen molar-refractivity contribution in [3.8, 4) is 0 Å². The predicted molar refractivity (Wildman–Crippen MR) is 103 cm³/mol. The van der Waals surface area contributed by atoms with E-state index in [1.165, 1.54) is 35.7 Å². The fourth-order valence-electron chi connectivity index (χ4n) is 2.87. The normalized spacial score (nSPS) is 14.0. The molecule has 1 amide bonds. The zero-order valence-corrected chi connectivity index (χ0v) is 16.5. The van der Waals surface area contributed by atoms with Gasteiger partial charge in [-0.15, -0.1) is 0 Å². The van der Waals surface area contributed by atoms with Crippen molar-refractivity contribution in [1.82, 2.24) is 9.62 Å². The molecule has 8 heteroatoms. The number of methoxy groups -OCH3 is 1. The average molecular weight is 402 g/mol. The Bertz CT molecular complexity index is 965. The molecule has 0 unspecified atom stereocenters. The molecule has 0 saturated heterocycles. The molecule has 0 bridgehead atoms. The number of carbonyl (C=O) groups excluding carboxylic acids is 2. The minimum atomic E-state index is -3.71. The fourth-order valence-corrected chi connectivity index (χ4v) is 4.55. The van der Waals surface area contributed by atoms with Crippen molar-refractivity contribution in [2.45, 2.75) is 30.3 Å². The molecule has 0 heterocycles. The van der Waals surface area contributed by atoms with Gasteiger partial charge < -0.3 is 10.1 Å². The van der Waals surface area contributed by atoms with Gasteiger partial charge in [0.15, 0.2) is 0 Å². The third-order valence-corrected chi connectivity index (χ3v) is 6.53. The van der Waals surface area contributed by atoms with E-state index in [2.05, 4.69) is 10.1 Å². The Morgan fingerprint density at radius 2 is 1.61 bits per heavy atom. The number of nitrogens with one attached hydrogen (secondary N) is 1. The Hall–Kier alpha value is -2.71. The first-order valence-corrected chi connectivity index (χ1v) is 10.3. The van der Waals surface area contributed by atoms with Crippen LogP contribution in [0.15, 0.2) is 53.4 Å². The van der Waals surface area contributed by atoms with Gasteiger partial charge >= 0.3 is 5.97 Å². The minimum Gasteiger partial charge on any atom is -0.465 e. The van der Waals surface area contributed by atoms with Crippen LogP contribution in [0, 0.1) is 0 Å². The molecular formula is C20H22N2O5S. The molecule has 1 aliphatic carbocycles. The van der Waals surface area contributed by atoms with Crippen LogP contribution in [0.5, 0.6) is 0 Å². The summed E-state index contributed by atoms with van der Waals surface area (Å²) in [4.78, 5) is 23.3. The van der Waals surface area contributed by atoms with E-state index in [1.807, 2.05) is 0 Å². The molecule has 1 fully saturated rings. The predicted octanol–water partition coefficient (Wildman–Crippen LogP) is 2.19. The molecule has 3 rings (SSSR count). The number of carbonyl (C=O) groups is 2. The molecule has 1 N–H and O–H groups in total. The summed E-state index contributed by atoms with van der Waals surface area (Å²) in [7, 11) is -0.881. The zero-order valence-electron chi connectivity index (χ0n) is 15.7. The number of nitrogens with zero attached hydrogens (tertiary/aromatic N) is 1. The molecule has 7 nitrogen and oxygen atoms in total. The maximum atomic E-state index is 13.1. The van der Waals surface area contributed by atoms with Crippen LogP contribution >= 0.6 is 0 Å². The quantitative estimate of drug-likeness (QED) is 0.717. The summed E-state index contributed by atoms with van der Waals surface area (Å²) in [5.74, 6) is -0.705. The van der Waals surface area contributed by atoms with E-state index < -0.39 is 16.0 Å². The summed E-state index contributed by atoms with van der Waals surface area (Å²) in [6, 6.07) is 12.6. The van der Waals surface area contributed by atoms with E-state index in [0.717, 1.165) is 18.4 Å². The lowest BCUT2D eigenvalue weighted by molar-refractivity contribution is 0.0600. The Morgan fingerprint density at radius 3 is 2.11 bits per heavy atom. The smallest absolute Gasteiger partial charge is 0.337 e. The Morgan fingerprint density at radius 1 is 1.04 bits per heavy atom. The van der Waals surface area contributed by atoms with Crippen molar-refractivity contribution in [2.24, 2.45) is 0 Å². The second kappa shape index (κ2) is 8.12. The van der Waals surface area contributed by atoms with Gasteiger partial charge in [0.05, 0.1) is 17.6 Å². The number of hydrogen-bond acceptors (Lipinski definition) is 5. The van der Waals surface area contributed by atoms with E-state index in [4.69, 9.17) is 0 Å². The van der Waals surface area contributed by atoms with Gasteiger partial charge in [0.25, 0.3) is 5.91 Å². The zero-order chi connectivity index (χ0) is 20.3. The molecule has 0 aliphatic heterocycles. The average Bonchev–Trinajstić information content (AvgIpc) is 3.56. The number of benzene rings is 2. The molecule has 1 aliphatic rings. The molecule has 0 radical (unpaired) electrons. The van der Waals surface area contributed by atoms with Crippen LogP contribution in [0.4, 0.5) is 0 Å². The molecule has 2 aromatic carbocycles. The first kappa shape index (κ1) is 20.0. The molecular weight excluding hydrogens is 380 g/mol. The van der Waals surface area contributed by atoms with E-state index >= 15 is 0 Å². The third kappa shape index (κ3) is 4.23. The molecule has 2 aromatic rings. The van der Waals surface area contributed by atoms with Crippen LogP contribution in [-0.4, -0.2) is 44.8 Å². The second-order valence-corrected chi connectivity index (χ2v) is 8.46. The molecule has 0 spiro atoms. The maximum Gasteiger partial charge on any atom is 0.337 e. The number of rotatable bonds is 7. The highest BCUT2D eigenvalue weighted by Gasteiger charge is 2.38. The number of esters is 1. The Labute approximate surface area is 164 Å². The van der Waals surface area contributed by atoms with Crippen molar-refractivity contribution in [2.75, 3.05) is 14.2 Å². The van der Waals surface area contributed by atoms with E-state index in [-0.39, 0.29) is 23.4 Å². The second-order valence-electron chi connectivity index (χ2n) is 6.57. The monoisotopic (exact) mass is 402 g/mol. The van der Waals surface area contributed by atoms with Gasteiger partial charge in [-0.2, -0.15) is 4.31 Å². The number of hydrogen-bond donors (Lipinski definition) is 1. The summed E-state index contributed by atoms with van der Waals surface area (Å²) in [5.41, 5.74) is 1.61. The van der Waals surface area contributed by atoms with Crippen molar-refractivity contribution < 1.29 is 22.7 Å². The highest BCUT2D eigenvalue weighted by Crippen LogP contribution is 2.33. The lowest BCUT2D eigenvalue weighted by Gasteiger charge is -2.22. The molecule has 148 valence electrons. The van der Waals surface area contributed by atoms with E-state index in [9.17, 15) is 18.0 Å². The van der Waals surface area contributed by atoms with Crippen LogP contribution in [0.2, 0.25) is 0 Å². The van der Waals surface area contributed by atoms with Crippen molar-refractivity contribution in [1.29, 1.82) is 0 Å². The van der Waals surface area contributed by atoms with Gasteiger partial charge in [0.2, 0.25) is 10.0 Å². The first-order chi connectivity index (χ1) is 13.4. The van der Waals surface area contributed by atoms with Crippen LogP contribution in [0.3, 0.4) is 0 Å². The van der Waals surface area contributed by atoms with Crippen molar-refractivity contribution >= 4 is 21.9 Å².